The number of nitrogens with zero attached hydrogens (tertiary/aromatic N) is 3. The molecule has 1 atom stereocenters. The molecule has 2 heterocycles. The van der Waals surface area contributed by atoms with Gasteiger partial charge in [0.05, 0.1) is 42.0 Å². The van der Waals surface area contributed by atoms with Crippen LogP contribution in [0.2, 0.25) is 0 Å². The second-order valence-electron chi connectivity index (χ2n) is 4.01. The van der Waals surface area contributed by atoms with Crippen LogP contribution < -0.4 is 0 Å². The third-order valence-electron chi connectivity index (χ3n) is 2.56. The van der Waals surface area contributed by atoms with E-state index >= 15 is 0 Å². The number of hydrogen-bond acceptors (Lipinski definition) is 5. The Hall–Kier alpha value is -2.21. The summed E-state index contributed by atoms with van der Waals surface area (Å²) in [6.07, 6.45) is 4.00. The van der Waals surface area contributed by atoms with Gasteiger partial charge in [0.25, 0.3) is 0 Å². The van der Waals surface area contributed by atoms with Gasteiger partial charge in [0.15, 0.2) is 0 Å². The smallest absolute Gasteiger partial charge is 0.341 e. The van der Waals surface area contributed by atoms with E-state index in [-0.39, 0.29) is 0 Å². The quantitative estimate of drug-likeness (QED) is 0.844. The van der Waals surface area contributed by atoms with E-state index in [0.717, 1.165) is 0 Å². The van der Waals surface area contributed by atoms with Crippen LogP contribution in [0.15, 0.2) is 30.7 Å². The number of hydrogen-bond donors (Lipinski definition) is 1. The van der Waals surface area contributed by atoms with Crippen LogP contribution in [0.25, 0.3) is 5.69 Å². The Bertz CT molecular complexity index is 561. The number of carbonyl (C=O) groups excluding carboxylic acids is 1. The van der Waals surface area contributed by atoms with Gasteiger partial charge in [0, 0.05) is 6.20 Å². The molecule has 0 fully saturated rings. The van der Waals surface area contributed by atoms with Crippen molar-refractivity contribution in [2.24, 2.45) is 0 Å². The second kappa shape index (κ2) is 5.62. The Kier molecular flexibility index (Phi) is 3.91. The van der Waals surface area contributed by atoms with E-state index in [1.165, 1.54) is 10.9 Å². The highest BCUT2D eigenvalue weighted by molar-refractivity contribution is 5.88. The first-order chi connectivity index (χ1) is 9.11. The molecule has 0 aromatic carbocycles. The summed E-state index contributed by atoms with van der Waals surface area (Å²) in [7, 11) is 0. The van der Waals surface area contributed by atoms with Crippen molar-refractivity contribution in [3.05, 3.63) is 42.0 Å². The summed E-state index contributed by atoms with van der Waals surface area (Å²) >= 11 is 0. The predicted octanol–water partition coefficient (Wildman–Crippen LogP) is 1.50. The molecule has 0 amide bonds. The monoisotopic (exact) mass is 261 g/mol. The van der Waals surface area contributed by atoms with E-state index in [4.69, 9.17) is 4.74 Å². The molecule has 0 saturated heterocycles. The molecule has 0 aliphatic heterocycles. The summed E-state index contributed by atoms with van der Waals surface area (Å²) in [5.41, 5.74) is 1.68. The van der Waals surface area contributed by atoms with Gasteiger partial charge in [-0.1, -0.05) is 0 Å². The number of aromatic nitrogens is 3. The fourth-order valence-electron chi connectivity index (χ4n) is 1.56. The fraction of sp³-hybridized carbons (Fsp3) is 0.308. The fourth-order valence-corrected chi connectivity index (χ4v) is 1.56. The zero-order valence-electron chi connectivity index (χ0n) is 10.8. The minimum absolute atomic E-state index is 0.328. The number of pyridine rings is 1. The van der Waals surface area contributed by atoms with Crippen LogP contribution in [0.5, 0.6) is 0 Å². The van der Waals surface area contributed by atoms with E-state index in [0.29, 0.717) is 23.6 Å². The first kappa shape index (κ1) is 13.2. The Labute approximate surface area is 110 Å². The lowest BCUT2D eigenvalue weighted by molar-refractivity contribution is 0.0526. The average molecular weight is 261 g/mol. The lowest BCUT2D eigenvalue weighted by Crippen LogP contribution is -2.03. The van der Waals surface area contributed by atoms with Crippen molar-refractivity contribution < 1.29 is 14.6 Å². The molecule has 100 valence electrons. The molecule has 2 rings (SSSR count). The van der Waals surface area contributed by atoms with Crippen LogP contribution in [0.3, 0.4) is 0 Å². The molecule has 6 heteroatoms. The molecule has 0 bridgehead atoms. The van der Waals surface area contributed by atoms with E-state index in [1.807, 2.05) is 0 Å². The van der Waals surface area contributed by atoms with Gasteiger partial charge in [-0.2, -0.15) is 5.10 Å². The van der Waals surface area contributed by atoms with Crippen molar-refractivity contribution in [1.82, 2.24) is 14.8 Å². The molecular formula is C13H15N3O3. The van der Waals surface area contributed by atoms with Gasteiger partial charge < -0.3 is 9.84 Å². The van der Waals surface area contributed by atoms with Crippen molar-refractivity contribution in [2.75, 3.05) is 6.61 Å². The molecule has 0 radical (unpaired) electrons. The number of esters is 1. The van der Waals surface area contributed by atoms with Crippen LogP contribution in [-0.4, -0.2) is 32.4 Å². The third-order valence-corrected chi connectivity index (χ3v) is 2.56. The van der Waals surface area contributed by atoms with Crippen LogP contribution in [0.4, 0.5) is 0 Å². The van der Waals surface area contributed by atoms with Gasteiger partial charge in [-0.25, -0.2) is 9.48 Å². The van der Waals surface area contributed by atoms with E-state index in [1.54, 1.807) is 38.4 Å². The maximum Gasteiger partial charge on any atom is 0.341 e. The normalized spacial score (nSPS) is 12.2. The van der Waals surface area contributed by atoms with Crippen molar-refractivity contribution in [2.45, 2.75) is 20.0 Å². The van der Waals surface area contributed by atoms with Gasteiger partial charge in [-0.05, 0) is 26.0 Å². The highest BCUT2D eigenvalue weighted by atomic mass is 16.5. The Morgan fingerprint density at radius 1 is 1.47 bits per heavy atom. The second-order valence-corrected chi connectivity index (χ2v) is 4.01. The minimum Gasteiger partial charge on any atom is -0.462 e. The standard InChI is InChI=1S/C13H15N3O3/c1-3-19-13(18)10-6-15-16(8-10)11-4-5-12(9(2)17)14-7-11/h4-9,17H,3H2,1-2H3/t9-/m0/s1. The predicted molar refractivity (Wildman–Crippen MR) is 67.9 cm³/mol. The Morgan fingerprint density at radius 2 is 2.26 bits per heavy atom. The number of ether oxygens (including phenoxy) is 1. The molecule has 6 nitrogen and oxygen atoms in total. The molecule has 0 saturated carbocycles. The van der Waals surface area contributed by atoms with Crippen molar-refractivity contribution >= 4 is 5.97 Å². The molecular weight excluding hydrogens is 246 g/mol. The molecule has 0 aliphatic carbocycles. The Balaban J connectivity index is 2.20. The minimum atomic E-state index is -0.609. The zero-order chi connectivity index (χ0) is 13.8. The summed E-state index contributed by atoms with van der Waals surface area (Å²) in [6, 6.07) is 3.49. The van der Waals surface area contributed by atoms with Crippen LogP contribution in [0, 0.1) is 0 Å². The van der Waals surface area contributed by atoms with Crippen molar-refractivity contribution in [3.8, 4) is 5.69 Å². The van der Waals surface area contributed by atoms with Crippen molar-refractivity contribution in [3.63, 3.8) is 0 Å². The first-order valence-electron chi connectivity index (χ1n) is 5.98. The molecule has 0 unspecified atom stereocenters. The van der Waals surface area contributed by atoms with Gasteiger partial charge in [-0.3, -0.25) is 4.98 Å². The molecule has 19 heavy (non-hydrogen) atoms. The van der Waals surface area contributed by atoms with Gasteiger partial charge in [-0.15, -0.1) is 0 Å². The number of rotatable bonds is 4. The molecule has 1 N–H and O–H groups in total. The zero-order valence-corrected chi connectivity index (χ0v) is 10.8. The largest absolute Gasteiger partial charge is 0.462 e. The highest BCUT2D eigenvalue weighted by Crippen LogP contribution is 2.12. The lowest BCUT2D eigenvalue weighted by atomic mass is 10.2. The number of aliphatic hydroxyl groups excluding tert-OH is 1. The number of carbonyl (C=O) groups is 1. The summed E-state index contributed by atoms with van der Waals surface area (Å²) in [6.45, 7) is 3.73. The topological polar surface area (TPSA) is 77.2 Å². The Morgan fingerprint density at radius 3 is 2.84 bits per heavy atom. The van der Waals surface area contributed by atoms with Crippen LogP contribution in [-0.2, 0) is 4.74 Å². The van der Waals surface area contributed by atoms with E-state index in [9.17, 15) is 9.90 Å². The van der Waals surface area contributed by atoms with E-state index in [2.05, 4.69) is 10.1 Å². The van der Waals surface area contributed by atoms with Crippen LogP contribution >= 0.6 is 0 Å². The van der Waals surface area contributed by atoms with Gasteiger partial charge in [0.1, 0.15) is 0 Å². The third kappa shape index (κ3) is 2.97. The van der Waals surface area contributed by atoms with E-state index < -0.39 is 12.1 Å². The maximum absolute atomic E-state index is 11.5. The van der Waals surface area contributed by atoms with Gasteiger partial charge in [0.2, 0.25) is 0 Å². The first-order valence-corrected chi connectivity index (χ1v) is 5.98. The maximum atomic E-state index is 11.5. The summed E-state index contributed by atoms with van der Waals surface area (Å²) < 4.78 is 6.42. The van der Waals surface area contributed by atoms with Crippen molar-refractivity contribution in [1.29, 1.82) is 0 Å². The SMILES string of the molecule is CCOC(=O)c1cnn(-c2ccc([C@H](C)O)nc2)c1. The summed E-state index contributed by atoms with van der Waals surface area (Å²) in [5.74, 6) is -0.401. The average Bonchev–Trinajstić information content (AvgIpc) is 2.89. The number of aliphatic hydroxyl groups is 1. The van der Waals surface area contributed by atoms with Crippen LogP contribution in [0.1, 0.15) is 36.0 Å². The molecule has 0 spiro atoms. The summed E-state index contributed by atoms with van der Waals surface area (Å²) in [5, 5.41) is 13.5. The lowest BCUT2D eigenvalue weighted by Gasteiger charge is -2.05. The molecule has 2 aromatic rings. The highest BCUT2D eigenvalue weighted by Gasteiger charge is 2.10. The van der Waals surface area contributed by atoms with Gasteiger partial charge >= 0.3 is 5.97 Å². The molecule has 0 aliphatic rings. The summed E-state index contributed by atoms with van der Waals surface area (Å²) in [4.78, 5) is 15.6. The molecule has 2 aromatic heterocycles.